The Labute approximate surface area is 185 Å². The zero-order valence-electron chi connectivity index (χ0n) is 17.9. The molecule has 0 atom stereocenters. The van der Waals surface area contributed by atoms with Crippen LogP contribution in [0.4, 0.5) is 13.2 Å². The number of carbonyl (C=O) groups excluding carboxylic acids is 1. The molecular formula is C21H18F3N3O6. The lowest BCUT2D eigenvalue weighted by Crippen LogP contribution is -2.10. The topological polar surface area (TPSA) is 106 Å². The number of benzene rings is 1. The van der Waals surface area contributed by atoms with Crippen LogP contribution >= 0.6 is 0 Å². The summed E-state index contributed by atoms with van der Waals surface area (Å²) in [6, 6.07) is 6.80. The van der Waals surface area contributed by atoms with Crippen molar-refractivity contribution in [2.75, 3.05) is 21.3 Å². The quantitative estimate of drug-likeness (QED) is 0.285. The van der Waals surface area contributed by atoms with Gasteiger partial charge in [0.05, 0.1) is 27.6 Å². The van der Waals surface area contributed by atoms with Crippen LogP contribution in [0.3, 0.4) is 0 Å². The maximum absolute atomic E-state index is 12.8. The minimum absolute atomic E-state index is 0.0207. The number of rotatable bonds is 7. The SMILES string of the molecule is COC=C(C(=O)OC)c1c(OC)nc(C)nc1Oc1cccc(-c2cc(C(F)(F)F)no2)c1. The Morgan fingerprint density at radius 2 is 1.82 bits per heavy atom. The van der Waals surface area contributed by atoms with E-state index in [0.29, 0.717) is 0 Å². The van der Waals surface area contributed by atoms with Crippen LogP contribution in [0.25, 0.3) is 16.9 Å². The van der Waals surface area contributed by atoms with Gasteiger partial charge in [0.15, 0.2) is 11.5 Å². The van der Waals surface area contributed by atoms with E-state index in [9.17, 15) is 18.0 Å². The number of esters is 1. The molecule has 0 saturated heterocycles. The van der Waals surface area contributed by atoms with Gasteiger partial charge in [-0.15, -0.1) is 0 Å². The van der Waals surface area contributed by atoms with Crippen LogP contribution in [-0.4, -0.2) is 42.4 Å². The molecule has 0 bridgehead atoms. The predicted molar refractivity (Wildman–Crippen MR) is 107 cm³/mol. The molecule has 2 aromatic heterocycles. The smallest absolute Gasteiger partial charge is 0.436 e. The molecule has 0 N–H and O–H groups in total. The number of aryl methyl sites for hydroxylation is 1. The highest BCUT2D eigenvalue weighted by Crippen LogP contribution is 2.37. The van der Waals surface area contributed by atoms with Crippen molar-refractivity contribution < 1.29 is 41.4 Å². The zero-order chi connectivity index (χ0) is 24.2. The Hall–Kier alpha value is -4.09. The summed E-state index contributed by atoms with van der Waals surface area (Å²) in [5.41, 5.74) is -0.903. The third kappa shape index (κ3) is 5.22. The summed E-state index contributed by atoms with van der Waals surface area (Å²) in [6.45, 7) is 1.58. The number of carbonyl (C=O) groups is 1. The van der Waals surface area contributed by atoms with Crippen molar-refractivity contribution in [2.45, 2.75) is 13.1 Å². The second kappa shape index (κ2) is 9.59. The van der Waals surface area contributed by atoms with Gasteiger partial charge in [0.25, 0.3) is 0 Å². The highest BCUT2D eigenvalue weighted by molar-refractivity contribution is 6.17. The Morgan fingerprint density at radius 3 is 2.42 bits per heavy atom. The third-order valence-corrected chi connectivity index (χ3v) is 4.19. The molecule has 9 nitrogen and oxygen atoms in total. The molecule has 0 amide bonds. The molecule has 0 aliphatic carbocycles. The summed E-state index contributed by atoms with van der Waals surface area (Å²) >= 11 is 0. The summed E-state index contributed by atoms with van der Waals surface area (Å²) < 4.78 is 64.3. The van der Waals surface area contributed by atoms with Crippen molar-refractivity contribution in [3.8, 4) is 28.8 Å². The van der Waals surface area contributed by atoms with E-state index in [1.165, 1.54) is 45.6 Å². The van der Waals surface area contributed by atoms with Crippen molar-refractivity contribution in [2.24, 2.45) is 0 Å². The second-order valence-electron chi connectivity index (χ2n) is 6.42. The van der Waals surface area contributed by atoms with Gasteiger partial charge in [0, 0.05) is 11.6 Å². The summed E-state index contributed by atoms with van der Waals surface area (Å²) in [4.78, 5) is 20.7. The van der Waals surface area contributed by atoms with E-state index >= 15 is 0 Å². The standard InChI is InChI=1S/C21H18F3N3O6/c1-11-25-18(30-3)17(14(10-29-2)20(28)31-4)19(26-11)32-13-7-5-6-12(8-13)15-9-16(27-33-15)21(22,23)24/h5-10H,1-4H3. The van der Waals surface area contributed by atoms with Gasteiger partial charge in [-0.25, -0.2) is 4.79 Å². The van der Waals surface area contributed by atoms with E-state index < -0.39 is 17.8 Å². The first-order valence-corrected chi connectivity index (χ1v) is 9.24. The summed E-state index contributed by atoms with van der Waals surface area (Å²) in [6.07, 6.45) is -3.52. The highest BCUT2D eigenvalue weighted by atomic mass is 19.4. The van der Waals surface area contributed by atoms with Gasteiger partial charge in [0.1, 0.15) is 22.7 Å². The van der Waals surface area contributed by atoms with E-state index in [4.69, 9.17) is 23.5 Å². The average molecular weight is 465 g/mol. The molecule has 3 aromatic rings. The number of halogens is 3. The molecular weight excluding hydrogens is 447 g/mol. The fourth-order valence-electron chi connectivity index (χ4n) is 2.78. The van der Waals surface area contributed by atoms with Crippen LogP contribution in [0.15, 0.2) is 41.1 Å². The largest absolute Gasteiger partial charge is 0.503 e. The van der Waals surface area contributed by atoms with Gasteiger partial charge in [-0.2, -0.15) is 23.1 Å². The number of alkyl halides is 3. The first-order valence-electron chi connectivity index (χ1n) is 9.24. The van der Waals surface area contributed by atoms with Gasteiger partial charge in [0.2, 0.25) is 11.8 Å². The van der Waals surface area contributed by atoms with Crippen LogP contribution in [0.2, 0.25) is 0 Å². The maximum atomic E-state index is 12.8. The van der Waals surface area contributed by atoms with Gasteiger partial charge >= 0.3 is 12.1 Å². The second-order valence-corrected chi connectivity index (χ2v) is 6.42. The van der Waals surface area contributed by atoms with Crippen molar-refractivity contribution in [1.29, 1.82) is 0 Å². The first-order chi connectivity index (χ1) is 15.7. The lowest BCUT2D eigenvalue weighted by atomic mass is 10.1. The van der Waals surface area contributed by atoms with Crippen molar-refractivity contribution in [3.05, 3.63) is 53.7 Å². The molecule has 0 aliphatic heterocycles. The van der Waals surface area contributed by atoms with E-state index in [1.54, 1.807) is 6.92 Å². The molecule has 33 heavy (non-hydrogen) atoms. The molecule has 0 fully saturated rings. The number of hydrogen-bond acceptors (Lipinski definition) is 9. The average Bonchev–Trinajstić information content (AvgIpc) is 3.28. The van der Waals surface area contributed by atoms with E-state index in [0.717, 1.165) is 12.3 Å². The number of ether oxygens (including phenoxy) is 4. The number of methoxy groups -OCH3 is 3. The molecule has 0 aliphatic rings. The van der Waals surface area contributed by atoms with Crippen molar-refractivity contribution in [1.82, 2.24) is 15.1 Å². The fraction of sp³-hybridized carbons (Fsp3) is 0.238. The molecule has 174 valence electrons. The van der Waals surface area contributed by atoms with Gasteiger partial charge < -0.3 is 23.5 Å². The number of nitrogens with zero attached hydrogens (tertiary/aromatic N) is 3. The lowest BCUT2D eigenvalue weighted by Gasteiger charge is -2.15. The van der Waals surface area contributed by atoms with Crippen molar-refractivity contribution in [3.63, 3.8) is 0 Å². The molecule has 1 aromatic carbocycles. The highest BCUT2D eigenvalue weighted by Gasteiger charge is 2.35. The molecule has 2 heterocycles. The zero-order valence-corrected chi connectivity index (χ0v) is 17.9. The normalized spacial score (nSPS) is 11.8. The van der Waals surface area contributed by atoms with Gasteiger partial charge in [-0.3, -0.25) is 0 Å². The lowest BCUT2D eigenvalue weighted by molar-refractivity contribution is -0.142. The monoisotopic (exact) mass is 465 g/mol. The summed E-state index contributed by atoms with van der Waals surface area (Å²) in [7, 11) is 3.87. The van der Waals surface area contributed by atoms with Crippen LogP contribution in [-0.2, 0) is 20.4 Å². The van der Waals surface area contributed by atoms with E-state index in [-0.39, 0.29) is 45.8 Å². The molecule has 0 unspecified atom stereocenters. The molecule has 0 saturated carbocycles. The van der Waals surface area contributed by atoms with E-state index in [1.807, 2.05) is 0 Å². The number of aromatic nitrogens is 3. The molecule has 3 rings (SSSR count). The first kappa shape index (κ1) is 23.6. The molecule has 12 heteroatoms. The minimum Gasteiger partial charge on any atom is -0.503 e. The predicted octanol–water partition coefficient (Wildman–Crippen LogP) is 4.42. The van der Waals surface area contributed by atoms with Crippen LogP contribution < -0.4 is 9.47 Å². The van der Waals surface area contributed by atoms with Crippen LogP contribution in [0, 0.1) is 6.92 Å². The van der Waals surface area contributed by atoms with Crippen LogP contribution in [0.5, 0.6) is 17.5 Å². The van der Waals surface area contributed by atoms with Crippen LogP contribution in [0.1, 0.15) is 17.1 Å². The van der Waals surface area contributed by atoms with Crippen molar-refractivity contribution >= 4 is 11.5 Å². The Balaban J connectivity index is 2.06. The summed E-state index contributed by atoms with van der Waals surface area (Å²) in [5, 5.41) is 3.05. The van der Waals surface area contributed by atoms with E-state index in [2.05, 4.69) is 15.1 Å². The maximum Gasteiger partial charge on any atom is 0.436 e. The Bertz CT molecular complexity index is 1190. The van der Waals surface area contributed by atoms with Gasteiger partial charge in [-0.05, 0) is 19.1 Å². The fourth-order valence-corrected chi connectivity index (χ4v) is 2.78. The molecule has 0 radical (unpaired) electrons. The summed E-state index contributed by atoms with van der Waals surface area (Å²) in [5.74, 6) is -0.471. The molecule has 0 spiro atoms. The van der Waals surface area contributed by atoms with Gasteiger partial charge in [-0.1, -0.05) is 17.3 Å². The third-order valence-electron chi connectivity index (χ3n) is 4.19. The Morgan fingerprint density at radius 1 is 1.09 bits per heavy atom. The minimum atomic E-state index is -4.64. The number of hydrogen-bond donors (Lipinski definition) is 0. The Kier molecular flexibility index (Phi) is 6.85.